The molecule has 5 heteroatoms. The van der Waals surface area contributed by atoms with Crippen molar-refractivity contribution in [3.63, 3.8) is 0 Å². The summed E-state index contributed by atoms with van der Waals surface area (Å²) in [7, 11) is 0. The Kier molecular flexibility index (Phi) is 4.31. The lowest BCUT2D eigenvalue weighted by atomic mass is 9.98. The molecule has 6 N–H and O–H groups in total. The summed E-state index contributed by atoms with van der Waals surface area (Å²) < 4.78 is 14.6. The molecule has 0 fully saturated rings. The maximum Gasteiger partial charge on any atom is 0.131 e. The van der Waals surface area contributed by atoms with Gasteiger partial charge in [0.25, 0.3) is 0 Å². The van der Waals surface area contributed by atoms with E-state index in [2.05, 4.69) is 0 Å². The van der Waals surface area contributed by atoms with Crippen LogP contribution in [0.5, 0.6) is 0 Å². The molecular formula is C20H17FN4. The van der Waals surface area contributed by atoms with E-state index in [0.29, 0.717) is 16.7 Å². The van der Waals surface area contributed by atoms with Crippen molar-refractivity contribution in [2.75, 3.05) is 0 Å². The zero-order chi connectivity index (χ0) is 18.0. The normalized spacial score (nSPS) is 10.4. The highest BCUT2D eigenvalue weighted by Gasteiger charge is 2.08. The molecule has 3 rings (SSSR count). The Labute approximate surface area is 144 Å². The van der Waals surface area contributed by atoms with Gasteiger partial charge in [0, 0.05) is 16.7 Å². The number of halogens is 1. The third-order valence-corrected chi connectivity index (χ3v) is 4.01. The molecule has 0 amide bonds. The van der Waals surface area contributed by atoms with Gasteiger partial charge in [-0.2, -0.15) is 0 Å². The number of nitrogen functional groups attached to an aromatic ring is 2. The maximum absolute atomic E-state index is 14.6. The van der Waals surface area contributed by atoms with E-state index in [1.54, 1.807) is 42.5 Å². The summed E-state index contributed by atoms with van der Waals surface area (Å²) in [5, 5.41) is 14.8. The Morgan fingerprint density at radius 3 is 1.52 bits per heavy atom. The predicted octanol–water partition coefficient (Wildman–Crippen LogP) is 3.73. The van der Waals surface area contributed by atoms with Gasteiger partial charge in [-0.15, -0.1) is 0 Å². The molecule has 0 aliphatic heterocycles. The van der Waals surface area contributed by atoms with E-state index >= 15 is 0 Å². The average Bonchev–Trinajstić information content (AvgIpc) is 2.62. The average molecular weight is 332 g/mol. The van der Waals surface area contributed by atoms with Crippen molar-refractivity contribution < 1.29 is 4.39 Å². The van der Waals surface area contributed by atoms with Crippen molar-refractivity contribution in [2.45, 2.75) is 0 Å². The van der Waals surface area contributed by atoms with E-state index < -0.39 is 0 Å². The molecule has 0 saturated heterocycles. The molecule has 0 aromatic heterocycles. The van der Waals surface area contributed by atoms with Crippen molar-refractivity contribution in [3.05, 3.63) is 83.7 Å². The van der Waals surface area contributed by atoms with E-state index in [9.17, 15) is 4.39 Å². The largest absolute Gasteiger partial charge is 0.384 e. The van der Waals surface area contributed by atoms with E-state index in [-0.39, 0.29) is 17.5 Å². The van der Waals surface area contributed by atoms with Gasteiger partial charge < -0.3 is 11.5 Å². The number of nitrogens with one attached hydrogen (secondary N) is 2. The number of hydrogen-bond donors (Lipinski definition) is 4. The molecule has 124 valence electrons. The lowest BCUT2D eigenvalue weighted by Crippen LogP contribution is -2.10. The van der Waals surface area contributed by atoms with E-state index in [0.717, 1.165) is 16.7 Å². The van der Waals surface area contributed by atoms with Gasteiger partial charge in [0.2, 0.25) is 0 Å². The van der Waals surface area contributed by atoms with Crippen LogP contribution in [0.4, 0.5) is 4.39 Å². The zero-order valence-corrected chi connectivity index (χ0v) is 13.4. The fraction of sp³-hybridized carbons (Fsp3) is 0. The lowest BCUT2D eigenvalue weighted by molar-refractivity contribution is 0.632. The molecule has 25 heavy (non-hydrogen) atoms. The summed E-state index contributed by atoms with van der Waals surface area (Å²) >= 11 is 0. The van der Waals surface area contributed by atoms with E-state index in [4.69, 9.17) is 22.3 Å². The molecule has 0 atom stereocenters. The zero-order valence-electron chi connectivity index (χ0n) is 13.4. The fourth-order valence-corrected chi connectivity index (χ4v) is 2.60. The summed E-state index contributed by atoms with van der Waals surface area (Å²) in [4.78, 5) is 0. The first-order valence-corrected chi connectivity index (χ1v) is 7.65. The van der Waals surface area contributed by atoms with Crippen LogP contribution in [0.2, 0.25) is 0 Å². The van der Waals surface area contributed by atoms with E-state index in [1.165, 1.54) is 6.07 Å². The third-order valence-electron chi connectivity index (χ3n) is 4.01. The monoisotopic (exact) mass is 332 g/mol. The minimum atomic E-state index is -0.330. The van der Waals surface area contributed by atoms with Gasteiger partial charge in [-0.05, 0) is 22.8 Å². The second-order valence-electron chi connectivity index (χ2n) is 5.68. The van der Waals surface area contributed by atoms with Crippen LogP contribution in [-0.4, -0.2) is 11.7 Å². The number of nitrogens with two attached hydrogens (primary N) is 2. The molecule has 0 spiro atoms. The SMILES string of the molecule is N=C(N)c1ccc(-c2ccc(-c3ccc(C(=N)N)cc3)c(F)c2)cc1. The molecule has 0 saturated carbocycles. The highest BCUT2D eigenvalue weighted by atomic mass is 19.1. The van der Waals surface area contributed by atoms with Gasteiger partial charge in [0.05, 0.1) is 0 Å². The predicted molar refractivity (Wildman–Crippen MR) is 99.3 cm³/mol. The van der Waals surface area contributed by atoms with Gasteiger partial charge in [-0.25, -0.2) is 4.39 Å². The molecule has 0 bridgehead atoms. The summed E-state index contributed by atoms with van der Waals surface area (Å²) in [5.41, 5.74) is 14.9. The molecule has 3 aromatic carbocycles. The van der Waals surface area contributed by atoms with Crippen LogP contribution >= 0.6 is 0 Å². The number of rotatable bonds is 4. The lowest BCUT2D eigenvalue weighted by Gasteiger charge is -2.08. The topological polar surface area (TPSA) is 99.7 Å². The molecule has 0 radical (unpaired) electrons. The maximum atomic E-state index is 14.6. The second-order valence-corrected chi connectivity index (χ2v) is 5.68. The Balaban J connectivity index is 1.92. The van der Waals surface area contributed by atoms with Crippen molar-refractivity contribution in [1.29, 1.82) is 10.8 Å². The van der Waals surface area contributed by atoms with Crippen molar-refractivity contribution >= 4 is 11.7 Å². The first kappa shape index (κ1) is 16.4. The van der Waals surface area contributed by atoms with Crippen molar-refractivity contribution in [1.82, 2.24) is 0 Å². The summed E-state index contributed by atoms with van der Waals surface area (Å²) in [6.07, 6.45) is 0. The van der Waals surface area contributed by atoms with E-state index in [1.807, 2.05) is 18.2 Å². The van der Waals surface area contributed by atoms with Crippen LogP contribution in [0.15, 0.2) is 66.7 Å². The van der Waals surface area contributed by atoms with Gasteiger partial charge >= 0.3 is 0 Å². The number of benzene rings is 3. The van der Waals surface area contributed by atoms with Crippen LogP contribution in [0.25, 0.3) is 22.3 Å². The van der Waals surface area contributed by atoms with Gasteiger partial charge in [0.15, 0.2) is 0 Å². The van der Waals surface area contributed by atoms with Crippen LogP contribution in [0.3, 0.4) is 0 Å². The second kappa shape index (κ2) is 6.57. The minimum Gasteiger partial charge on any atom is -0.384 e. The Morgan fingerprint density at radius 1 is 0.640 bits per heavy atom. The molecular weight excluding hydrogens is 315 g/mol. The van der Waals surface area contributed by atoms with Gasteiger partial charge in [-0.3, -0.25) is 10.8 Å². The third kappa shape index (κ3) is 3.40. The highest BCUT2D eigenvalue weighted by molar-refractivity contribution is 5.96. The highest BCUT2D eigenvalue weighted by Crippen LogP contribution is 2.28. The summed E-state index contributed by atoms with van der Waals surface area (Å²) in [6, 6.07) is 19.1. The number of hydrogen-bond acceptors (Lipinski definition) is 2. The van der Waals surface area contributed by atoms with Crippen LogP contribution in [0.1, 0.15) is 11.1 Å². The Bertz CT molecular complexity index is 944. The summed E-state index contributed by atoms with van der Waals surface area (Å²) in [5.74, 6) is -0.345. The molecule has 0 aliphatic rings. The Morgan fingerprint density at radius 2 is 1.08 bits per heavy atom. The van der Waals surface area contributed by atoms with Crippen LogP contribution in [0, 0.1) is 16.6 Å². The van der Waals surface area contributed by atoms with Crippen LogP contribution < -0.4 is 11.5 Å². The smallest absolute Gasteiger partial charge is 0.131 e. The first-order valence-electron chi connectivity index (χ1n) is 7.65. The Hall–Kier alpha value is -3.47. The quantitative estimate of drug-likeness (QED) is 0.432. The van der Waals surface area contributed by atoms with Crippen LogP contribution in [-0.2, 0) is 0 Å². The molecule has 0 aliphatic carbocycles. The van der Waals surface area contributed by atoms with Crippen molar-refractivity contribution in [2.24, 2.45) is 11.5 Å². The molecule has 3 aromatic rings. The first-order chi connectivity index (χ1) is 12.0. The van der Waals surface area contributed by atoms with Crippen molar-refractivity contribution in [3.8, 4) is 22.3 Å². The molecule has 0 heterocycles. The fourth-order valence-electron chi connectivity index (χ4n) is 2.60. The standard InChI is InChI=1S/C20H17FN4/c21-18-11-16(12-1-5-14(6-2-12)19(22)23)9-10-17(18)13-3-7-15(8-4-13)20(24)25/h1-11H,(H3,22,23)(H3,24,25). The van der Waals surface area contributed by atoms with Gasteiger partial charge in [0.1, 0.15) is 17.5 Å². The molecule has 4 nitrogen and oxygen atoms in total. The minimum absolute atomic E-state index is 0.00193. The van der Waals surface area contributed by atoms with Gasteiger partial charge in [-0.1, -0.05) is 60.7 Å². The summed E-state index contributed by atoms with van der Waals surface area (Å²) in [6.45, 7) is 0. The molecule has 0 unspecified atom stereocenters. The number of amidine groups is 2.